The molecule has 2 aromatic rings. The SMILES string of the molecule is CC1(C(=O)O)CCN2c3ccccc3N(c3ccc(C(F)(F)F)cc3)CC2C1. The van der Waals surface area contributed by atoms with Crippen LogP contribution >= 0.6 is 0 Å². The quantitative estimate of drug-likeness (QED) is 0.791. The number of nitrogens with zero attached hydrogens (tertiary/aromatic N) is 2. The first-order valence-electron chi connectivity index (χ1n) is 9.23. The van der Waals surface area contributed by atoms with Crippen molar-refractivity contribution in [3.8, 4) is 0 Å². The van der Waals surface area contributed by atoms with Crippen LogP contribution in [-0.4, -0.2) is 30.2 Å². The van der Waals surface area contributed by atoms with E-state index in [1.165, 1.54) is 12.1 Å². The zero-order valence-electron chi connectivity index (χ0n) is 15.4. The predicted molar refractivity (Wildman–Crippen MR) is 101 cm³/mol. The molecule has 1 saturated heterocycles. The van der Waals surface area contributed by atoms with Crippen LogP contribution in [0.1, 0.15) is 25.3 Å². The molecule has 2 heterocycles. The van der Waals surface area contributed by atoms with Crippen molar-refractivity contribution < 1.29 is 23.1 Å². The molecule has 2 aliphatic heterocycles. The number of piperidine rings is 1. The highest BCUT2D eigenvalue weighted by molar-refractivity contribution is 5.81. The molecule has 0 spiro atoms. The van der Waals surface area contributed by atoms with E-state index in [0.29, 0.717) is 31.6 Å². The van der Waals surface area contributed by atoms with Crippen molar-refractivity contribution in [1.82, 2.24) is 0 Å². The number of fused-ring (bicyclic) bond motifs is 3. The second-order valence-corrected chi connectivity index (χ2v) is 7.81. The first-order valence-corrected chi connectivity index (χ1v) is 9.23. The summed E-state index contributed by atoms with van der Waals surface area (Å²) >= 11 is 0. The molecule has 2 aliphatic rings. The Morgan fingerprint density at radius 2 is 1.75 bits per heavy atom. The van der Waals surface area contributed by atoms with Gasteiger partial charge in [0.05, 0.1) is 22.4 Å². The molecule has 1 N–H and O–H groups in total. The molecule has 7 heteroatoms. The largest absolute Gasteiger partial charge is 0.481 e. The summed E-state index contributed by atoms with van der Waals surface area (Å²) in [5.41, 5.74) is 1.12. The van der Waals surface area contributed by atoms with Gasteiger partial charge in [-0.05, 0) is 56.2 Å². The summed E-state index contributed by atoms with van der Waals surface area (Å²) in [4.78, 5) is 16.0. The lowest BCUT2D eigenvalue weighted by atomic mass is 9.76. The topological polar surface area (TPSA) is 43.8 Å². The molecule has 0 radical (unpaired) electrons. The van der Waals surface area contributed by atoms with Crippen molar-refractivity contribution in [3.05, 3.63) is 54.1 Å². The van der Waals surface area contributed by atoms with Gasteiger partial charge in [0, 0.05) is 24.8 Å². The first kappa shape index (κ1) is 18.7. The monoisotopic (exact) mass is 390 g/mol. The van der Waals surface area contributed by atoms with Crippen LogP contribution in [0.3, 0.4) is 0 Å². The van der Waals surface area contributed by atoms with E-state index in [9.17, 15) is 23.1 Å². The van der Waals surface area contributed by atoms with Gasteiger partial charge in [0.15, 0.2) is 0 Å². The molecule has 148 valence electrons. The van der Waals surface area contributed by atoms with E-state index in [2.05, 4.69) is 4.90 Å². The Balaban J connectivity index is 1.71. The second kappa shape index (κ2) is 6.43. The minimum atomic E-state index is -4.37. The fourth-order valence-corrected chi connectivity index (χ4v) is 4.28. The van der Waals surface area contributed by atoms with E-state index in [0.717, 1.165) is 23.5 Å². The molecular formula is C21H21F3N2O2. The Morgan fingerprint density at radius 1 is 1.11 bits per heavy atom. The Bertz CT molecular complexity index is 897. The average Bonchev–Trinajstić information content (AvgIpc) is 2.66. The maximum Gasteiger partial charge on any atom is 0.416 e. The summed E-state index contributed by atoms with van der Waals surface area (Å²) in [6, 6.07) is 12.9. The Labute approximate surface area is 161 Å². The molecule has 0 amide bonds. The van der Waals surface area contributed by atoms with Crippen LogP contribution in [0, 0.1) is 5.41 Å². The number of hydrogen-bond donors (Lipinski definition) is 1. The van der Waals surface area contributed by atoms with E-state index >= 15 is 0 Å². The summed E-state index contributed by atoms with van der Waals surface area (Å²) in [5, 5.41) is 9.63. The molecule has 0 saturated carbocycles. The van der Waals surface area contributed by atoms with Crippen molar-refractivity contribution in [3.63, 3.8) is 0 Å². The number of rotatable bonds is 2. The maximum absolute atomic E-state index is 12.9. The van der Waals surface area contributed by atoms with Crippen LogP contribution in [0.15, 0.2) is 48.5 Å². The lowest BCUT2D eigenvalue weighted by Crippen LogP contribution is -2.55. The number of carboxylic acid groups (broad SMARTS) is 1. The van der Waals surface area contributed by atoms with Gasteiger partial charge in [0.2, 0.25) is 0 Å². The van der Waals surface area contributed by atoms with Crippen LogP contribution in [0.5, 0.6) is 0 Å². The Morgan fingerprint density at radius 3 is 2.36 bits per heavy atom. The summed E-state index contributed by atoms with van der Waals surface area (Å²) in [6.07, 6.45) is -3.32. The smallest absolute Gasteiger partial charge is 0.416 e. The summed E-state index contributed by atoms with van der Waals surface area (Å²) < 4.78 is 38.7. The van der Waals surface area contributed by atoms with Gasteiger partial charge in [-0.25, -0.2) is 0 Å². The van der Waals surface area contributed by atoms with Crippen molar-refractivity contribution in [2.24, 2.45) is 5.41 Å². The number of alkyl halides is 3. The maximum atomic E-state index is 12.9. The molecule has 2 unspecified atom stereocenters. The van der Waals surface area contributed by atoms with Crippen molar-refractivity contribution >= 4 is 23.0 Å². The molecule has 28 heavy (non-hydrogen) atoms. The number of aliphatic carboxylic acids is 1. The molecule has 0 bridgehead atoms. The lowest BCUT2D eigenvalue weighted by Gasteiger charge is -2.50. The average molecular weight is 390 g/mol. The van der Waals surface area contributed by atoms with E-state index in [1.54, 1.807) is 6.92 Å². The minimum Gasteiger partial charge on any atom is -0.481 e. The van der Waals surface area contributed by atoms with Crippen LogP contribution in [-0.2, 0) is 11.0 Å². The Hall–Kier alpha value is -2.70. The standard InChI is InChI=1S/C21H21F3N2O2/c1-20(19(27)28)10-11-25-16(12-20)13-26(18-5-3-2-4-17(18)25)15-8-6-14(7-9-15)21(22,23)24/h2-9,16H,10-13H2,1H3,(H,27,28). The number of benzene rings is 2. The third kappa shape index (κ3) is 3.08. The normalized spacial score (nSPS) is 24.5. The van der Waals surface area contributed by atoms with Crippen LogP contribution in [0.2, 0.25) is 0 Å². The number of carboxylic acids is 1. The van der Waals surface area contributed by atoms with Gasteiger partial charge >= 0.3 is 12.1 Å². The molecular weight excluding hydrogens is 369 g/mol. The highest BCUT2D eigenvalue weighted by Gasteiger charge is 2.45. The van der Waals surface area contributed by atoms with Crippen molar-refractivity contribution in [1.29, 1.82) is 0 Å². The van der Waals surface area contributed by atoms with Crippen molar-refractivity contribution in [2.75, 3.05) is 22.9 Å². The molecule has 0 aliphatic carbocycles. The van der Waals surface area contributed by atoms with Crippen LogP contribution in [0.4, 0.5) is 30.2 Å². The molecule has 1 fully saturated rings. The van der Waals surface area contributed by atoms with E-state index in [1.807, 2.05) is 29.2 Å². The number of halogens is 3. The molecule has 4 nitrogen and oxygen atoms in total. The fraction of sp³-hybridized carbons (Fsp3) is 0.381. The van der Waals surface area contributed by atoms with Gasteiger partial charge in [0.1, 0.15) is 0 Å². The zero-order valence-corrected chi connectivity index (χ0v) is 15.4. The highest BCUT2D eigenvalue weighted by atomic mass is 19.4. The van der Waals surface area contributed by atoms with Gasteiger partial charge in [0.25, 0.3) is 0 Å². The summed E-state index contributed by atoms with van der Waals surface area (Å²) in [7, 11) is 0. The van der Waals surface area contributed by atoms with Gasteiger partial charge in [-0.1, -0.05) is 12.1 Å². The lowest BCUT2D eigenvalue weighted by molar-refractivity contribution is -0.149. The van der Waals surface area contributed by atoms with Gasteiger partial charge < -0.3 is 14.9 Å². The number of hydrogen-bond acceptors (Lipinski definition) is 3. The minimum absolute atomic E-state index is 0.0213. The van der Waals surface area contributed by atoms with Crippen molar-refractivity contribution in [2.45, 2.75) is 32.0 Å². The van der Waals surface area contributed by atoms with Crippen LogP contribution < -0.4 is 9.80 Å². The predicted octanol–water partition coefficient (Wildman–Crippen LogP) is 4.92. The van der Waals surface area contributed by atoms with E-state index < -0.39 is 23.1 Å². The van der Waals surface area contributed by atoms with Gasteiger partial charge in [-0.3, -0.25) is 4.79 Å². The summed E-state index contributed by atoms with van der Waals surface area (Å²) in [6.45, 7) is 2.95. The number of para-hydroxylation sites is 2. The second-order valence-electron chi connectivity index (χ2n) is 7.81. The fourth-order valence-electron chi connectivity index (χ4n) is 4.28. The van der Waals surface area contributed by atoms with Crippen LogP contribution in [0.25, 0.3) is 0 Å². The molecule has 0 aromatic heterocycles. The van der Waals surface area contributed by atoms with E-state index in [4.69, 9.17) is 0 Å². The van der Waals surface area contributed by atoms with E-state index in [-0.39, 0.29) is 6.04 Å². The number of carbonyl (C=O) groups is 1. The Kier molecular flexibility index (Phi) is 4.28. The zero-order chi connectivity index (χ0) is 20.1. The van der Waals surface area contributed by atoms with Gasteiger partial charge in [-0.2, -0.15) is 13.2 Å². The summed E-state index contributed by atoms with van der Waals surface area (Å²) in [5.74, 6) is -0.799. The highest BCUT2D eigenvalue weighted by Crippen LogP contribution is 2.46. The third-order valence-corrected chi connectivity index (χ3v) is 5.93. The first-order chi connectivity index (χ1) is 13.2. The molecule has 4 rings (SSSR count). The molecule has 2 aromatic carbocycles. The number of anilines is 3. The van der Waals surface area contributed by atoms with Gasteiger partial charge in [-0.15, -0.1) is 0 Å². The molecule has 2 atom stereocenters. The third-order valence-electron chi connectivity index (χ3n) is 5.93.